The monoisotopic (exact) mass is 355 g/mol. The van der Waals surface area contributed by atoms with Crippen LogP contribution in [0.25, 0.3) is 32.7 Å². The Kier molecular flexibility index (Phi) is 4.00. The van der Waals surface area contributed by atoms with Crippen molar-refractivity contribution in [2.75, 3.05) is 12.7 Å². The van der Waals surface area contributed by atoms with E-state index in [1.54, 1.807) is 0 Å². The SMILES string of the molecule is NCCP1Cc2ccc3ccccc3c2-c2c(ccc3ccccc23)C1. The van der Waals surface area contributed by atoms with Gasteiger partial charge in [0.25, 0.3) is 0 Å². The maximum absolute atomic E-state index is 5.95. The first-order valence-electron chi connectivity index (χ1n) is 9.29. The van der Waals surface area contributed by atoms with Crippen LogP contribution in [0.1, 0.15) is 11.1 Å². The van der Waals surface area contributed by atoms with Crippen LogP contribution in [-0.2, 0) is 12.3 Å². The van der Waals surface area contributed by atoms with E-state index in [1.165, 1.54) is 56.1 Å². The quantitative estimate of drug-likeness (QED) is 0.431. The molecule has 0 fully saturated rings. The summed E-state index contributed by atoms with van der Waals surface area (Å²) in [4.78, 5) is 0. The Morgan fingerprint density at radius 1 is 0.654 bits per heavy atom. The fraction of sp³-hybridized carbons (Fsp3) is 0.167. The molecule has 4 aromatic rings. The molecule has 0 amide bonds. The number of benzene rings is 4. The van der Waals surface area contributed by atoms with Crippen molar-refractivity contribution in [2.24, 2.45) is 5.73 Å². The molecule has 26 heavy (non-hydrogen) atoms. The average molecular weight is 355 g/mol. The second kappa shape index (κ2) is 6.50. The lowest BCUT2D eigenvalue weighted by atomic mass is 9.88. The third-order valence-corrected chi connectivity index (χ3v) is 7.98. The summed E-state index contributed by atoms with van der Waals surface area (Å²) < 4.78 is 0. The molecule has 0 radical (unpaired) electrons. The minimum absolute atomic E-state index is 0.107. The van der Waals surface area contributed by atoms with Crippen LogP contribution in [0.15, 0.2) is 72.8 Å². The highest BCUT2D eigenvalue weighted by atomic mass is 31.1. The average Bonchev–Trinajstić information content (AvgIpc) is 2.84. The number of hydrogen-bond acceptors (Lipinski definition) is 1. The summed E-state index contributed by atoms with van der Waals surface area (Å²) in [5.41, 5.74) is 11.9. The van der Waals surface area contributed by atoms with Gasteiger partial charge in [-0.3, -0.25) is 0 Å². The van der Waals surface area contributed by atoms with E-state index in [0.29, 0.717) is 0 Å². The van der Waals surface area contributed by atoms with E-state index >= 15 is 0 Å². The molecule has 0 unspecified atom stereocenters. The summed E-state index contributed by atoms with van der Waals surface area (Å²) in [6.07, 6.45) is 3.50. The van der Waals surface area contributed by atoms with Gasteiger partial charge in [-0.2, -0.15) is 0 Å². The summed E-state index contributed by atoms with van der Waals surface area (Å²) in [5.74, 6) is 0. The summed E-state index contributed by atoms with van der Waals surface area (Å²) in [6, 6.07) is 26.9. The highest BCUT2D eigenvalue weighted by Gasteiger charge is 2.23. The molecule has 5 rings (SSSR count). The second-order valence-corrected chi connectivity index (χ2v) is 9.56. The van der Waals surface area contributed by atoms with Crippen molar-refractivity contribution in [3.63, 3.8) is 0 Å². The van der Waals surface area contributed by atoms with Gasteiger partial charge in [0.05, 0.1) is 0 Å². The van der Waals surface area contributed by atoms with Crippen molar-refractivity contribution < 1.29 is 0 Å². The van der Waals surface area contributed by atoms with Gasteiger partial charge in [-0.15, -0.1) is 0 Å². The predicted molar refractivity (Wildman–Crippen MR) is 115 cm³/mol. The topological polar surface area (TPSA) is 26.0 Å². The van der Waals surface area contributed by atoms with Crippen molar-refractivity contribution >= 4 is 29.5 Å². The number of nitrogens with two attached hydrogens (primary N) is 1. The van der Waals surface area contributed by atoms with Crippen LogP contribution < -0.4 is 5.73 Å². The van der Waals surface area contributed by atoms with E-state index in [-0.39, 0.29) is 7.92 Å². The zero-order chi connectivity index (χ0) is 17.5. The third kappa shape index (κ3) is 2.55. The minimum atomic E-state index is -0.107. The Hall–Kier alpha value is -2.21. The van der Waals surface area contributed by atoms with E-state index in [0.717, 1.165) is 12.7 Å². The molecule has 0 atom stereocenters. The highest BCUT2D eigenvalue weighted by molar-refractivity contribution is 7.56. The third-order valence-electron chi connectivity index (χ3n) is 5.51. The van der Waals surface area contributed by atoms with Crippen molar-refractivity contribution in [3.8, 4) is 11.1 Å². The first-order chi connectivity index (χ1) is 12.8. The van der Waals surface area contributed by atoms with Gasteiger partial charge in [0, 0.05) is 0 Å². The van der Waals surface area contributed by atoms with Crippen LogP contribution >= 0.6 is 7.92 Å². The Morgan fingerprint density at radius 2 is 1.15 bits per heavy atom. The van der Waals surface area contributed by atoms with Crippen molar-refractivity contribution in [3.05, 3.63) is 83.9 Å². The molecule has 1 nitrogen and oxygen atoms in total. The fourth-order valence-corrected chi connectivity index (χ4v) is 6.65. The molecule has 0 bridgehead atoms. The predicted octanol–water partition coefficient (Wildman–Crippen LogP) is 6.11. The van der Waals surface area contributed by atoms with Gasteiger partial charge in [-0.05, 0) is 68.8 Å². The summed E-state index contributed by atoms with van der Waals surface area (Å²) in [6.45, 7) is 0.789. The number of fused-ring (bicyclic) bond motifs is 7. The van der Waals surface area contributed by atoms with Crippen LogP contribution in [0.2, 0.25) is 0 Å². The van der Waals surface area contributed by atoms with Crippen LogP contribution in [0.5, 0.6) is 0 Å². The van der Waals surface area contributed by atoms with Crippen LogP contribution in [0.4, 0.5) is 0 Å². The van der Waals surface area contributed by atoms with Gasteiger partial charge < -0.3 is 5.73 Å². The summed E-state index contributed by atoms with van der Waals surface area (Å²) >= 11 is 0. The molecule has 0 aliphatic carbocycles. The first kappa shape index (κ1) is 16.0. The molecular formula is C24H22NP. The lowest BCUT2D eigenvalue weighted by Crippen LogP contribution is -2.05. The molecule has 1 aliphatic rings. The summed E-state index contributed by atoms with van der Waals surface area (Å²) in [7, 11) is -0.107. The maximum Gasteiger partial charge on any atom is -0.00376 e. The maximum atomic E-state index is 5.95. The van der Waals surface area contributed by atoms with Crippen molar-refractivity contribution in [1.29, 1.82) is 0 Å². The van der Waals surface area contributed by atoms with E-state index < -0.39 is 0 Å². The lowest BCUT2D eigenvalue weighted by Gasteiger charge is -2.15. The number of hydrogen-bond donors (Lipinski definition) is 1. The Labute approximate surface area is 155 Å². The van der Waals surface area contributed by atoms with E-state index in [2.05, 4.69) is 72.8 Å². The van der Waals surface area contributed by atoms with Gasteiger partial charge in [0.1, 0.15) is 0 Å². The Morgan fingerprint density at radius 3 is 1.65 bits per heavy atom. The zero-order valence-electron chi connectivity index (χ0n) is 14.8. The molecule has 0 saturated carbocycles. The van der Waals surface area contributed by atoms with Gasteiger partial charge >= 0.3 is 0 Å². The molecule has 0 saturated heterocycles. The first-order valence-corrected chi connectivity index (χ1v) is 11.2. The molecule has 4 aromatic carbocycles. The molecule has 2 N–H and O–H groups in total. The molecule has 0 aromatic heterocycles. The molecule has 1 aliphatic heterocycles. The lowest BCUT2D eigenvalue weighted by molar-refractivity contribution is 1.12. The standard InChI is InChI=1S/C24H22NP/c25-13-14-26-15-19-11-9-17-5-1-3-7-21(17)23(19)24-20(16-26)12-10-18-6-2-4-8-22(18)24/h1-12H,13-16,25H2. The van der Waals surface area contributed by atoms with Gasteiger partial charge in [0.2, 0.25) is 0 Å². The smallest absolute Gasteiger partial charge is 0.00376 e. The minimum Gasteiger partial charge on any atom is -0.330 e. The van der Waals surface area contributed by atoms with Gasteiger partial charge in [-0.1, -0.05) is 80.7 Å². The highest BCUT2D eigenvalue weighted by Crippen LogP contribution is 2.52. The zero-order valence-corrected chi connectivity index (χ0v) is 15.7. The molecule has 1 heterocycles. The van der Waals surface area contributed by atoms with E-state index in [1.807, 2.05) is 0 Å². The molecule has 0 spiro atoms. The Bertz CT molecular complexity index is 1030. The fourth-order valence-electron chi connectivity index (χ4n) is 4.37. The van der Waals surface area contributed by atoms with Gasteiger partial charge in [-0.25, -0.2) is 0 Å². The normalized spacial score (nSPS) is 14.2. The van der Waals surface area contributed by atoms with Crippen molar-refractivity contribution in [2.45, 2.75) is 12.3 Å². The molecule has 128 valence electrons. The van der Waals surface area contributed by atoms with E-state index in [9.17, 15) is 0 Å². The van der Waals surface area contributed by atoms with Crippen LogP contribution in [-0.4, -0.2) is 12.7 Å². The molecule has 2 heteroatoms. The van der Waals surface area contributed by atoms with Crippen molar-refractivity contribution in [1.82, 2.24) is 0 Å². The van der Waals surface area contributed by atoms with Crippen LogP contribution in [0.3, 0.4) is 0 Å². The van der Waals surface area contributed by atoms with Crippen LogP contribution in [0, 0.1) is 0 Å². The molecular weight excluding hydrogens is 333 g/mol. The second-order valence-electron chi connectivity index (χ2n) is 7.14. The Balaban J connectivity index is 1.91. The summed E-state index contributed by atoms with van der Waals surface area (Å²) in [5, 5.41) is 5.42. The van der Waals surface area contributed by atoms with E-state index in [4.69, 9.17) is 5.73 Å². The largest absolute Gasteiger partial charge is 0.330 e. The number of rotatable bonds is 2. The van der Waals surface area contributed by atoms with Gasteiger partial charge in [0.15, 0.2) is 0 Å².